The summed E-state index contributed by atoms with van der Waals surface area (Å²) in [4.78, 5) is 16.8. The van der Waals surface area contributed by atoms with Gasteiger partial charge in [-0.2, -0.15) is 0 Å². The minimum absolute atomic E-state index is 0.00108. The number of para-hydroxylation sites is 2. The van der Waals surface area contributed by atoms with Gasteiger partial charge in [-0.25, -0.2) is 4.98 Å². The van der Waals surface area contributed by atoms with Crippen molar-refractivity contribution in [2.24, 2.45) is 0 Å². The van der Waals surface area contributed by atoms with Crippen LogP contribution in [0, 0.1) is 13.8 Å². The number of nitrogens with one attached hydrogen (secondary N) is 1. The minimum Gasteiger partial charge on any atom is -0.483 e. The van der Waals surface area contributed by atoms with Crippen molar-refractivity contribution in [3.8, 4) is 5.75 Å². The van der Waals surface area contributed by atoms with Gasteiger partial charge in [0.25, 0.3) is 5.91 Å². The number of imidazole rings is 1. The summed E-state index contributed by atoms with van der Waals surface area (Å²) >= 11 is 3.43. The predicted molar refractivity (Wildman–Crippen MR) is 116 cm³/mol. The molecule has 1 heterocycles. The highest BCUT2D eigenvalue weighted by molar-refractivity contribution is 9.11. The van der Waals surface area contributed by atoms with Gasteiger partial charge in [-0.05, 0) is 43.2 Å². The van der Waals surface area contributed by atoms with Crippen LogP contribution in [0.1, 0.15) is 17.0 Å². The van der Waals surface area contributed by atoms with Gasteiger partial charge in [0, 0.05) is 17.4 Å². The van der Waals surface area contributed by atoms with E-state index >= 15 is 0 Å². The number of hydrogen-bond donors (Lipinski definition) is 1. The molecule has 0 saturated heterocycles. The van der Waals surface area contributed by atoms with Crippen molar-refractivity contribution in [2.45, 2.75) is 26.8 Å². The zero-order valence-electron chi connectivity index (χ0n) is 16.2. The lowest BCUT2D eigenvalue weighted by molar-refractivity contribution is -0.123. The Morgan fingerprint density at radius 2 is 2.04 bits per heavy atom. The molecular formula is C22H24BrN3O2. The van der Waals surface area contributed by atoms with Crippen LogP contribution in [-0.4, -0.2) is 28.6 Å². The summed E-state index contributed by atoms with van der Waals surface area (Å²) < 4.78 is 8.65. The number of carbonyl (C=O) groups excluding carboxylic acids is 1. The Kier molecular flexibility index (Phi) is 6.52. The largest absolute Gasteiger partial charge is 0.483 e. The standard InChI is InChI=1S/C22H24BrN3O2/c1-15-8-9-16(2)20(12-15)28-14-22(27)24-11-10-21-25-18-6-4-5-7-19(18)26(21)13-17(3)23/h4-9,12H,3,10-11,13-14H2,1-2H3,(H,24,27). The second-order valence-corrected chi connectivity index (χ2v) is 7.90. The molecule has 3 rings (SSSR count). The zero-order valence-corrected chi connectivity index (χ0v) is 17.8. The molecule has 0 aliphatic rings. The normalized spacial score (nSPS) is 10.8. The van der Waals surface area contributed by atoms with Gasteiger partial charge >= 0.3 is 0 Å². The smallest absolute Gasteiger partial charge is 0.257 e. The van der Waals surface area contributed by atoms with E-state index in [0.29, 0.717) is 19.5 Å². The highest BCUT2D eigenvalue weighted by Gasteiger charge is 2.11. The van der Waals surface area contributed by atoms with Crippen molar-refractivity contribution in [2.75, 3.05) is 13.2 Å². The first-order valence-electron chi connectivity index (χ1n) is 9.18. The molecule has 0 aliphatic carbocycles. The quantitative estimate of drug-likeness (QED) is 0.566. The molecule has 0 aliphatic heterocycles. The summed E-state index contributed by atoms with van der Waals surface area (Å²) in [6.45, 7) is 9.03. The Labute approximate surface area is 173 Å². The second-order valence-electron chi connectivity index (χ2n) is 6.78. The summed E-state index contributed by atoms with van der Waals surface area (Å²) in [6.07, 6.45) is 0.629. The maximum atomic E-state index is 12.2. The molecule has 6 heteroatoms. The SMILES string of the molecule is C=C(Br)Cn1c(CCNC(=O)COc2cc(C)ccc2C)nc2ccccc21. The summed E-state index contributed by atoms with van der Waals surface area (Å²) in [5.41, 5.74) is 4.12. The van der Waals surface area contributed by atoms with Crippen molar-refractivity contribution in [3.63, 3.8) is 0 Å². The number of benzene rings is 2. The number of hydrogen-bond acceptors (Lipinski definition) is 3. The summed E-state index contributed by atoms with van der Waals surface area (Å²) in [5.74, 6) is 1.51. The monoisotopic (exact) mass is 441 g/mol. The Bertz CT molecular complexity index is 1010. The first-order valence-corrected chi connectivity index (χ1v) is 9.97. The van der Waals surface area contributed by atoms with E-state index in [1.54, 1.807) is 0 Å². The number of carbonyl (C=O) groups is 1. The molecule has 3 aromatic rings. The zero-order chi connectivity index (χ0) is 20.1. The first kappa shape index (κ1) is 20.1. The van der Waals surface area contributed by atoms with Gasteiger partial charge < -0.3 is 14.6 Å². The Morgan fingerprint density at radius 3 is 2.82 bits per heavy atom. The fourth-order valence-electron chi connectivity index (χ4n) is 3.04. The molecule has 1 aromatic heterocycles. The van der Waals surface area contributed by atoms with Gasteiger partial charge in [-0.3, -0.25) is 4.79 Å². The third-order valence-electron chi connectivity index (χ3n) is 4.44. The lowest BCUT2D eigenvalue weighted by Gasteiger charge is -2.11. The number of fused-ring (bicyclic) bond motifs is 1. The summed E-state index contributed by atoms with van der Waals surface area (Å²) in [5, 5.41) is 2.91. The van der Waals surface area contributed by atoms with E-state index in [-0.39, 0.29) is 12.5 Å². The van der Waals surface area contributed by atoms with Crippen molar-refractivity contribution < 1.29 is 9.53 Å². The summed E-state index contributed by atoms with van der Waals surface area (Å²) in [7, 11) is 0. The number of ether oxygens (including phenoxy) is 1. The van der Waals surface area contributed by atoms with Crippen LogP contribution in [0.5, 0.6) is 5.75 Å². The fourth-order valence-corrected chi connectivity index (χ4v) is 3.29. The van der Waals surface area contributed by atoms with Gasteiger partial charge in [0.2, 0.25) is 0 Å². The Morgan fingerprint density at radius 1 is 1.25 bits per heavy atom. The number of aryl methyl sites for hydroxylation is 2. The van der Waals surface area contributed by atoms with E-state index in [4.69, 9.17) is 9.72 Å². The Hall–Kier alpha value is -2.60. The topological polar surface area (TPSA) is 56.2 Å². The molecule has 2 aromatic carbocycles. The number of halogens is 1. The van der Waals surface area contributed by atoms with E-state index in [9.17, 15) is 4.79 Å². The van der Waals surface area contributed by atoms with E-state index in [1.807, 2.05) is 56.3 Å². The van der Waals surface area contributed by atoms with Gasteiger partial charge in [0.1, 0.15) is 11.6 Å². The van der Waals surface area contributed by atoms with E-state index in [2.05, 4.69) is 32.4 Å². The molecule has 1 N–H and O–H groups in total. The number of allylic oxidation sites excluding steroid dienone is 1. The van der Waals surface area contributed by atoms with Crippen LogP contribution in [-0.2, 0) is 17.8 Å². The van der Waals surface area contributed by atoms with Crippen LogP contribution in [0.2, 0.25) is 0 Å². The van der Waals surface area contributed by atoms with Crippen LogP contribution >= 0.6 is 15.9 Å². The second kappa shape index (κ2) is 9.06. The van der Waals surface area contributed by atoms with Crippen LogP contribution in [0.15, 0.2) is 53.5 Å². The van der Waals surface area contributed by atoms with Crippen molar-refractivity contribution >= 4 is 32.9 Å². The lowest BCUT2D eigenvalue weighted by Crippen LogP contribution is -2.31. The average molecular weight is 442 g/mol. The lowest BCUT2D eigenvalue weighted by atomic mass is 10.1. The van der Waals surface area contributed by atoms with E-state index in [1.165, 1.54) is 0 Å². The molecule has 1 amide bonds. The van der Waals surface area contributed by atoms with Crippen LogP contribution < -0.4 is 10.1 Å². The van der Waals surface area contributed by atoms with Gasteiger partial charge in [0.15, 0.2) is 6.61 Å². The molecule has 0 bridgehead atoms. The molecule has 0 saturated carbocycles. The highest BCUT2D eigenvalue weighted by Crippen LogP contribution is 2.20. The number of rotatable bonds is 8. The molecule has 28 heavy (non-hydrogen) atoms. The minimum atomic E-state index is -0.145. The molecule has 0 fully saturated rings. The van der Waals surface area contributed by atoms with Gasteiger partial charge in [-0.15, -0.1) is 0 Å². The molecule has 0 unspecified atom stereocenters. The van der Waals surface area contributed by atoms with Crippen LogP contribution in [0.3, 0.4) is 0 Å². The Balaban J connectivity index is 1.58. The van der Waals surface area contributed by atoms with Crippen molar-refractivity contribution in [1.82, 2.24) is 14.9 Å². The van der Waals surface area contributed by atoms with Crippen molar-refractivity contribution in [3.05, 3.63) is 70.5 Å². The van der Waals surface area contributed by atoms with Crippen LogP contribution in [0.4, 0.5) is 0 Å². The maximum absolute atomic E-state index is 12.2. The fraction of sp³-hybridized carbons (Fsp3) is 0.273. The van der Waals surface area contributed by atoms with Gasteiger partial charge in [-0.1, -0.05) is 46.8 Å². The number of amides is 1. The molecule has 0 spiro atoms. The molecule has 5 nitrogen and oxygen atoms in total. The van der Waals surface area contributed by atoms with Crippen molar-refractivity contribution in [1.29, 1.82) is 0 Å². The summed E-state index contributed by atoms with van der Waals surface area (Å²) in [6, 6.07) is 14.0. The number of aromatic nitrogens is 2. The molecule has 0 atom stereocenters. The van der Waals surface area contributed by atoms with E-state index in [0.717, 1.165) is 38.2 Å². The maximum Gasteiger partial charge on any atom is 0.257 e. The highest BCUT2D eigenvalue weighted by atomic mass is 79.9. The van der Waals surface area contributed by atoms with E-state index < -0.39 is 0 Å². The molecule has 146 valence electrons. The number of nitrogens with zero attached hydrogens (tertiary/aromatic N) is 2. The molecular weight excluding hydrogens is 418 g/mol. The van der Waals surface area contributed by atoms with Gasteiger partial charge in [0.05, 0.1) is 17.6 Å². The average Bonchev–Trinajstić information content (AvgIpc) is 2.99. The predicted octanol–water partition coefficient (Wildman–Crippen LogP) is 4.30. The third kappa shape index (κ3) is 5.01. The third-order valence-corrected chi connectivity index (χ3v) is 4.69. The molecule has 0 radical (unpaired) electrons. The van der Waals surface area contributed by atoms with Crippen LogP contribution in [0.25, 0.3) is 11.0 Å². The first-order chi connectivity index (χ1) is 13.4.